The van der Waals surface area contributed by atoms with Gasteiger partial charge < -0.3 is 4.74 Å². The number of carbonyl (C=O) groups excluding carboxylic acids is 1. The summed E-state index contributed by atoms with van der Waals surface area (Å²) >= 11 is 3.23. The van der Waals surface area contributed by atoms with Crippen LogP contribution < -0.4 is 0 Å². The zero-order valence-corrected chi connectivity index (χ0v) is 10.9. The topological polar surface area (TPSA) is 26.3 Å². The maximum absolute atomic E-state index is 13.2. The van der Waals surface area contributed by atoms with Crippen molar-refractivity contribution in [1.82, 2.24) is 0 Å². The molecule has 0 amide bonds. The standard InChI is InChI=1S/C13H14BrFO2/c14-9-5-4-8-12(15)10-17-13(16)11-6-2-1-3-7-11/h1-4,6-8,12H,5,9-10H2/b8-4+. The molecule has 0 bridgehead atoms. The quantitative estimate of drug-likeness (QED) is 0.456. The molecule has 0 saturated carbocycles. The molecule has 0 aliphatic heterocycles. The Balaban J connectivity index is 2.33. The SMILES string of the molecule is O=C(OCC(F)/C=C/CCBr)c1ccccc1. The van der Waals surface area contributed by atoms with Gasteiger partial charge in [-0.1, -0.05) is 46.3 Å². The van der Waals surface area contributed by atoms with Crippen LogP contribution in [0.3, 0.4) is 0 Å². The Morgan fingerprint density at radius 3 is 2.76 bits per heavy atom. The summed E-state index contributed by atoms with van der Waals surface area (Å²) in [5.74, 6) is -0.498. The molecular weight excluding hydrogens is 287 g/mol. The fraction of sp³-hybridized carbons (Fsp3) is 0.308. The average Bonchev–Trinajstić information content (AvgIpc) is 2.37. The molecule has 0 heterocycles. The van der Waals surface area contributed by atoms with Gasteiger partial charge in [-0.05, 0) is 18.6 Å². The molecule has 0 aliphatic carbocycles. The van der Waals surface area contributed by atoms with Crippen molar-refractivity contribution in [2.75, 3.05) is 11.9 Å². The van der Waals surface area contributed by atoms with E-state index in [0.717, 1.165) is 11.8 Å². The molecule has 0 saturated heterocycles. The first-order valence-corrected chi connectivity index (χ1v) is 6.45. The van der Waals surface area contributed by atoms with Crippen LogP contribution in [0.15, 0.2) is 42.5 Å². The number of carbonyl (C=O) groups is 1. The minimum atomic E-state index is -1.25. The highest BCUT2D eigenvalue weighted by atomic mass is 79.9. The van der Waals surface area contributed by atoms with Crippen molar-refractivity contribution >= 4 is 21.9 Å². The Labute approximate surface area is 109 Å². The summed E-state index contributed by atoms with van der Waals surface area (Å²) in [6.07, 6.45) is 2.63. The van der Waals surface area contributed by atoms with Gasteiger partial charge in [0.25, 0.3) is 0 Å². The van der Waals surface area contributed by atoms with E-state index in [9.17, 15) is 9.18 Å². The number of benzene rings is 1. The van der Waals surface area contributed by atoms with Crippen LogP contribution in [0.4, 0.5) is 4.39 Å². The Hall–Kier alpha value is -1.16. The van der Waals surface area contributed by atoms with Crippen molar-refractivity contribution < 1.29 is 13.9 Å². The van der Waals surface area contributed by atoms with Crippen LogP contribution >= 0.6 is 15.9 Å². The van der Waals surface area contributed by atoms with Gasteiger partial charge >= 0.3 is 5.97 Å². The molecule has 0 N–H and O–H groups in total. The first-order chi connectivity index (χ1) is 8.24. The number of ether oxygens (including phenoxy) is 1. The Bertz CT molecular complexity index is 365. The molecule has 0 spiro atoms. The Morgan fingerprint density at radius 2 is 2.12 bits per heavy atom. The van der Waals surface area contributed by atoms with Gasteiger partial charge in [0.05, 0.1) is 5.56 Å². The highest BCUT2D eigenvalue weighted by molar-refractivity contribution is 9.09. The number of allylic oxidation sites excluding steroid dienone is 1. The molecule has 0 radical (unpaired) electrons. The second kappa shape index (κ2) is 8.01. The number of esters is 1. The third kappa shape index (κ3) is 5.63. The third-order valence-corrected chi connectivity index (χ3v) is 2.46. The molecule has 2 nitrogen and oxygen atoms in total. The van der Waals surface area contributed by atoms with Gasteiger partial charge in [-0.3, -0.25) is 0 Å². The van der Waals surface area contributed by atoms with Crippen molar-refractivity contribution in [3.05, 3.63) is 48.0 Å². The maximum atomic E-state index is 13.2. The first-order valence-electron chi connectivity index (χ1n) is 5.33. The molecule has 17 heavy (non-hydrogen) atoms. The first kappa shape index (κ1) is 13.9. The summed E-state index contributed by atoms with van der Waals surface area (Å²) in [6, 6.07) is 8.54. The highest BCUT2D eigenvalue weighted by Crippen LogP contribution is 2.03. The average molecular weight is 301 g/mol. The fourth-order valence-corrected chi connectivity index (χ4v) is 1.44. The zero-order chi connectivity index (χ0) is 12.5. The van der Waals surface area contributed by atoms with Crippen molar-refractivity contribution in [3.8, 4) is 0 Å². The van der Waals surface area contributed by atoms with Crippen LogP contribution in [-0.4, -0.2) is 24.1 Å². The predicted molar refractivity (Wildman–Crippen MR) is 69.2 cm³/mol. The van der Waals surface area contributed by atoms with Gasteiger partial charge in [0, 0.05) is 5.33 Å². The summed E-state index contributed by atoms with van der Waals surface area (Å²) in [4.78, 5) is 11.5. The lowest BCUT2D eigenvalue weighted by molar-refractivity contribution is 0.0437. The van der Waals surface area contributed by atoms with Crippen molar-refractivity contribution in [3.63, 3.8) is 0 Å². The predicted octanol–water partition coefficient (Wildman–Crippen LogP) is 3.52. The fourth-order valence-electron chi connectivity index (χ4n) is 1.18. The molecule has 0 aliphatic rings. The van der Waals surface area contributed by atoms with E-state index in [1.807, 2.05) is 0 Å². The molecule has 92 valence electrons. The normalized spacial score (nSPS) is 12.6. The smallest absolute Gasteiger partial charge is 0.338 e. The monoisotopic (exact) mass is 300 g/mol. The lowest BCUT2D eigenvalue weighted by Crippen LogP contribution is -2.13. The summed E-state index contributed by atoms with van der Waals surface area (Å²) in [7, 11) is 0. The van der Waals surface area contributed by atoms with Crippen LogP contribution in [0.2, 0.25) is 0 Å². The van der Waals surface area contributed by atoms with Gasteiger partial charge in [0.15, 0.2) is 6.17 Å². The lowest BCUT2D eigenvalue weighted by Gasteiger charge is -2.05. The van der Waals surface area contributed by atoms with E-state index in [0.29, 0.717) is 5.56 Å². The summed E-state index contributed by atoms with van der Waals surface area (Å²) < 4.78 is 18.1. The molecule has 1 atom stereocenters. The molecule has 1 aromatic carbocycles. The van der Waals surface area contributed by atoms with E-state index in [1.54, 1.807) is 36.4 Å². The van der Waals surface area contributed by atoms with Gasteiger partial charge in [-0.15, -0.1) is 0 Å². The second-order valence-corrected chi connectivity index (χ2v) is 4.18. The minimum absolute atomic E-state index is 0.244. The number of halogens is 2. The van der Waals surface area contributed by atoms with Gasteiger partial charge in [-0.2, -0.15) is 0 Å². The van der Waals surface area contributed by atoms with Gasteiger partial charge in [0.2, 0.25) is 0 Å². The summed E-state index contributed by atoms with van der Waals surface area (Å²) in [5.41, 5.74) is 0.434. The molecule has 1 rings (SSSR count). The van der Waals surface area contributed by atoms with E-state index in [4.69, 9.17) is 4.74 Å². The second-order valence-electron chi connectivity index (χ2n) is 3.39. The molecular formula is C13H14BrFO2. The Morgan fingerprint density at radius 1 is 1.41 bits per heavy atom. The van der Waals surface area contributed by atoms with Crippen LogP contribution in [0, 0.1) is 0 Å². The third-order valence-electron chi connectivity index (χ3n) is 2.00. The highest BCUT2D eigenvalue weighted by Gasteiger charge is 2.09. The van der Waals surface area contributed by atoms with E-state index < -0.39 is 12.1 Å². The van der Waals surface area contributed by atoms with Crippen molar-refractivity contribution in [2.24, 2.45) is 0 Å². The van der Waals surface area contributed by atoms with Crippen LogP contribution in [-0.2, 0) is 4.74 Å². The number of hydrogen-bond acceptors (Lipinski definition) is 2. The molecule has 4 heteroatoms. The summed E-state index contributed by atoms with van der Waals surface area (Å²) in [5, 5.41) is 0.792. The van der Waals surface area contributed by atoms with Gasteiger partial charge in [0.1, 0.15) is 6.61 Å². The molecule has 0 fully saturated rings. The minimum Gasteiger partial charge on any atom is -0.459 e. The van der Waals surface area contributed by atoms with E-state index in [1.165, 1.54) is 6.08 Å². The van der Waals surface area contributed by atoms with Crippen LogP contribution in [0.25, 0.3) is 0 Å². The Kier molecular flexibility index (Phi) is 6.55. The lowest BCUT2D eigenvalue weighted by atomic mass is 10.2. The molecule has 0 aromatic heterocycles. The van der Waals surface area contributed by atoms with E-state index >= 15 is 0 Å². The van der Waals surface area contributed by atoms with Crippen LogP contribution in [0.1, 0.15) is 16.8 Å². The van der Waals surface area contributed by atoms with Gasteiger partial charge in [-0.25, -0.2) is 9.18 Å². The van der Waals surface area contributed by atoms with E-state index in [2.05, 4.69) is 15.9 Å². The van der Waals surface area contributed by atoms with Crippen LogP contribution in [0.5, 0.6) is 0 Å². The number of rotatable bonds is 6. The molecule has 1 unspecified atom stereocenters. The zero-order valence-electron chi connectivity index (χ0n) is 9.31. The molecule has 1 aromatic rings. The number of alkyl halides is 2. The summed E-state index contributed by atoms with van der Waals surface area (Å²) in [6.45, 7) is -0.244. The van der Waals surface area contributed by atoms with Crippen molar-refractivity contribution in [1.29, 1.82) is 0 Å². The largest absolute Gasteiger partial charge is 0.459 e. The maximum Gasteiger partial charge on any atom is 0.338 e. The van der Waals surface area contributed by atoms with E-state index in [-0.39, 0.29) is 6.61 Å². The number of hydrogen-bond donors (Lipinski definition) is 0. The van der Waals surface area contributed by atoms with Crippen molar-refractivity contribution in [2.45, 2.75) is 12.6 Å².